The third kappa shape index (κ3) is 3.24. The van der Waals surface area contributed by atoms with E-state index in [0.29, 0.717) is 11.6 Å². The Labute approximate surface area is 116 Å². The molecule has 0 radical (unpaired) electrons. The Balaban J connectivity index is 2.13. The van der Waals surface area contributed by atoms with E-state index in [2.05, 4.69) is 5.32 Å². The van der Waals surface area contributed by atoms with E-state index in [9.17, 15) is 4.39 Å². The predicted octanol–water partition coefficient (Wildman–Crippen LogP) is 4.27. The summed E-state index contributed by atoms with van der Waals surface area (Å²) in [5.41, 5.74) is 2.78. The van der Waals surface area contributed by atoms with E-state index in [0.717, 1.165) is 16.8 Å². The molecule has 2 nitrogen and oxygen atoms in total. The lowest BCUT2D eigenvalue weighted by atomic mass is 10.1. The van der Waals surface area contributed by atoms with Crippen molar-refractivity contribution in [3.8, 4) is 6.07 Å². The Bertz CT molecular complexity index is 647. The summed E-state index contributed by atoms with van der Waals surface area (Å²) >= 11 is 6.10. The summed E-state index contributed by atoms with van der Waals surface area (Å²) in [4.78, 5) is 0. The number of aryl methyl sites for hydroxylation is 1. The molecule has 0 saturated carbocycles. The van der Waals surface area contributed by atoms with Crippen molar-refractivity contribution in [2.45, 2.75) is 13.5 Å². The lowest BCUT2D eigenvalue weighted by molar-refractivity contribution is 0.623. The number of benzene rings is 2. The third-order valence-electron chi connectivity index (χ3n) is 2.76. The highest BCUT2D eigenvalue weighted by atomic mass is 35.5. The first kappa shape index (κ1) is 13.4. The van der Waals surface area contributed by atoms with Crippen LogP contribution in [0, 0.1) is 24.1 Å². The van der Waals surface area contributed by atoms with Crippen molar-refractivity contribution in [3.63, 3.8) is 0 Å². The number of hydrogen-bond donors (Lipinski definition) is 1. The van der Waals surface area contributed by atoms with Crippen LogP contribution in [0.15, 0.2) is 36.4 Å². The highest BCUT2D eigenvalue weighted by molar-refractivity contribution is 6.33. The second-order valence-corrected chi connectivity index (χ2v) is 4.67. The summed E-state index contributed by atoms with van der Waals surface area (Å²) in [6.07, 6.45) is 0. The first-order valence-corrected chi connectivity index (χ1v) is 6.16. The Morgan fingerprint density at radius 1 is 1.26 bits per heavy atom. The smallest absolute Gasteiger partial charge is 0.140 e. The van der Waals surface area contributed by atoms with Gasteiger partial charge in [0.2, 0.25) is 0 Å². The normalized spacial score (nSPS) is 10.0. The summed E-state index contributed by atoms with van der Waals surface area (Å²) in [5, 5.41) is 12.6. The highest BCUT2D eigenvalue weighted by Gasteiger charge is 2.04. The first-order valence-electron chi connectivity index (χ1n) is 5.78. The zero-order valence-corrected chi connectivity index (χ0v) is 11.1. The minimum absolute atomic E-state index is 0.0503. The van der Waals surface area contributed by atoms with Crippen molar-refractivity contribution in [3.05, 3.63) is 63.9 Å². The fourth-order valence-corrected chi connectivity index (χ4v) is 2.03. The van der Waals surface area contributed by atoms with Crippen molar-refractivity contribution in [2.75, 3.05) is 5.32 Å². The van der Waals surface area contributed by atoms with Crippen LogP contribution in [0.1, 0.15) is 16.7 Å². The van der Waals surface area contributed by atoms with E-state index in [1.54, 1.807) is 6.07 Å². The molecule has 2 aromatic carbocycles. The van der Waals surface area contributed by atoms with Gasteiger partial charge in [0.25, 0.3) is 0 Å². The number of nitriles is 1. The number of rotatable bonds is 3. The van der Waals surface area contributed by atoms with Gasteiger partial charge in [0.15, 0.2) is 0 Å². The van der Waals surface area contributed by atoms with Gasteiger partial charge in [-0.3, -0.25) is 0 Å². The van der Waals surface area contributed by atoms with Gasteiger partial charge in [0.1, 0.15) is 11.9 Å². The van der Waals surface area contributed by atoms with Crippen LogP contribution in [0.3, 0.4) is 0 Å². The zero-order chi connectivity index (χ0) is 13.8. The molecular weight excluding hydrogens is 263 g/mol. The Morgan fingerprint density at radius 2 is 2.05 bits per heavy atom. The quantitative estimate of drug-likeness (QED) is 0.907. The number of halogens is 2. The molecular formula is C15H12ClFN2. The van der Waals surface area contributed by atoms with Crippen LogP contribution in [-0.2, 0) is 6.54 Å². The van der Waals surface area contributed by atoms with Crippen LogP contribution in [-0.4, -0.2) is 0 Å². The average Bonchev–Trinajstić information content (AvgIpc) is 2.39. The van der Waals surface area contributed by atoms with E-state index in [1.165, 1.54) is 12.1 Å². The maximum absolute atomic E-state index is 13.2. The van der Waals surface area contributed by atoms with E-state index >= 15 is 0 Å². The lowest BCUT2D eigenvalue weighted by Gasteiger charge is -2.09. The number of nitrogens with zero attached hydrogens (tertiary/aromatic N) is 1. The van der Waals surface area contributed by atoms with Crippen LogP contribution in [0.25, 0.3) is 0 Å². The van der Waals surface area contributed by atoms with Gasteiger partial charge in [-0.05, 0) is 42.3 Å². The van der Waals surface area contributed by atoms with Gasteiger partial charge >= 0.3 is 0 Å². The average molecular weight is 275 g/mol. The van der Waals surface area contributed by atoms with Gasteiger partial charge in [0.05, 0.1) is 16.3 Å². The molecule has 0 unspecified atom stereocenters. The lowest BCUT2D eigenvalue weighted by Crippen LogP contribution is -2.01. The molecule has 0 saturated heterocycles. The molecule has 0 spiro atoms. The van der Waals surface area contributed by atoms with Crippen LogP contribution < -0.4 is 5.32 Å². The van der Waals surface area contributed by atoms with Gasteiger partial charge in [0, 0.05) is 6.54 Å². The highest BCUT2D eigenvalue weighted by Crippen LogP contribution is 2.23. The molecule has 2 aromatic rings. The molecule has 2 rings (SSSR count). The molecule has 0 aliphatic rings. The first-order chi connectivity index (χ1) is 9.10. The molecule has 0 atom stereocenters. The van der Waals surface area contributed by atoms with Crippen LogP contribution in [0.2, 0.25) is 5.02 Å². The SMILES string of the molecule is Cc1ccc(NCc2ccc(F)c(C#N)c2)c(Cl)c1. The van der Waals surface area contributed by atoms with E-state index in [1.807, 2.05) is 31.2 Å². The van der Waals surface area contributed by atoms with E-state index < -0.39 is 5.82 Å². The fraction of sp³-hybridized carbons (Fsp3) is 0.133. The molecule has 0 amide bonds. The summed E-state index contributed by atoms with van der Waals surface area (Å²) in [7, 11) is 0. The largest absolute Gasteiger partial charge is 0.380 e. The van der Waals surface area contributed by atoms with Crippen molar-refractivity contribution in [1.29, 1.82) is 5.26 Å². The van der Waals surface area contributed by atoms with Gasteiger partial charge in [-0.1, -0.05) is 23.7 Å². The number of nitrogens with one attached hydrogen (secondary N) is 1. The van der Waals surface area contributed by atoms with Crippen molar-refractivity contribution in [1.82, 2.24) is 0 Å². The third-order valence-corrected chi connectivity index (χ3v) is 3.07. The molecule has 0 aliphatic heterocycles. The van der Waals surface area contributed by atoms with Crippen LogP contribution in [0.4, 0.5) is 10.1 Å². The molecule has 0 heterocycles. The van der Waals surface area contributed by atoms with E-state index in [-0.39, 0.29) is 5.56 Å². The summed E-state index contributed by atoms with van der Waals surface area (Å²) in [6, 6.07) is 12.0. The molecule has 19 heavy (non-hydrogen) atoms. The molecule has 96 valence electrons. The number of anilines is 1. The predicted molar refractivity (Wildman–Crippen MR) is 74.6 cm³/mol. The minimum atomic E-state index is -0.500. The molecule has 0 bridgehead atoms. The van der Waals surface area contributed by atoms with Crippen molar-refractivity contribution in [2.24, 2.45) is 0 Å². The molecule has 0 fully saturated rings. The minimum Gasteiger partial charge on any atom is -0.380 e. The summed E-state index contributed by atoms with van der Waals surface area (Å²) < 4.78 is 13.2. The van der Waals surface area contributed by atoms with Gasteiger partial charge in [-0.25, -0.2) is 4.39 Å². The van der Waals surface area contributed by atoms with Crippen LogP contribution >= 0.6 is 11.6 Å². The second kappa shape index (κ2) is 5.73. The monoisotopic (exact) mass is 274 g/mol. The fourth-order valence-electron chi connectivity index (χ4n) is 1.73. The molecule has 4 heteroatoms. The maximum Gasteiger partial charge on any atom is 0.140 e. The van der Waals surface area contributed by atoms with Gasteiger partial charge < -0.3 is 5.32 Å². The van der Waals surface area contributed by atoms with Gasteiger partial charge in [-0.15, -0.1) is 0 Å². The second-order valence-electron chi connectivity index (χ2n) is 4.26. The molecule has 0 aromatic heterocycles. The van der Waals surface area contributed by atoms with Gasteiger partial charge in [-0.2, -0.15) is 5.26 Å². The summed E-state index contributed by atoms with van der Waals surface area (Å²) in [6.45, 7) is 2.45. The Hall–Kier alpha value is -2.05. The van der Waals surface area contributed by atoms with Crippen molar-refractivity contribution >= 4 is 17.3 Å². The number of hydrogen-bond acceptors (Lipinski definition) is 2. The maximum atomic E-state index is 13.2. The van der Waals surface area contributed by atoms with Crippen LogP contribution in [0.5, 0.6) is 0 Å². The van der Waals surface area contributed by atoms with Crippen molar-refractivity contribution < 1.29 is 4.39 Å². The molecule has 1 N–H and O–H groups in total. The Kier molecular flexibility index (Phi) is 4.03. The topological polar surface area (TPSA) is 35.8 Å². The summed E-state index contributed by atoms with van der Waals surface area (Å²) in [5.74, 6) is -0.500. The zero-order valence-electron chi connectivity index (χ0n) is 10.4. The van der Waals surface area contributed by atoms with E-state index in [4.69, 9.17) is 16.9 Å². The Morgan fingerprint density at radius 3 is 2.74 bits per heavy atom. The standard InChI is InChI=1S/C15H12ClFN2/c1-10-2-5-15(13(16)6-10)19-9-11-3-4-14(17)12(7-11)8-18/h2-7,19H,9H2,1H3. The molecule has 0 aliphatic carbocycles.